The summed E-state index contributed by atoms with van der Waals surface area (Å²) in [4.78, 5) is 10.5. The van der Waals surface area contributed by atoms with E-state index < -0.39 is 0 Å². The van der Waals surface area contributed by atoms with E-state index in [2.05, 4.69) is 150 Å². The Bertz CT molecular complexity index is 3460. The molecule has 4 heterocycles. The summed E-state index contributed by atoms with van der Waals surface area (Å²) in [7, 11) is 0. The fourth-order valence-corrected chi connectivity index (χ4v) is 8.46. The zero-order valence-corrected chi connectivity index (χ0v) is 29.4. The predicted molar refractivity (Wildman–Crippen MR) is 225 cm³/mol. The lowest BCUT2D eigenvalue weighted by molar-refractivity contribution is 0.667. The van der Waals surface area contributed by atoms with Crippen molar-refractivity contribution in [3.8, 4) is 39.5 Å². The Morgan fingerprint density at radius 3 is 1.96 bits per heavy atom. The quantitative estimate of drug-likeness (QED) is 0.183. The minimum absolute atomic E-state index is 0.624. The van der Waals surface area contributed by atoms with E-state index in [0.29, 0.717) is 11.4 Å². The van der Waals surface area contributed by atoms with Gasteiger partial charge in [0.15, 0.2) is 11.4 Å². The van der Waals surface area contributed by atoms with E-state index in [1.165, 1.54) is 27.2 Å². The van der Waals surface area contributed by atoms with E-state index in [4.69, 9.17) is 18.8 Å². The lowest BCUT2D eigenvalue weighted by atomic mass is 10.0. The molecule has 5 heteroatoms. The zero-order chi connectivity index (χ0) is 36.0. The van der Waals surface area contributed by atoms with Crippen LogP contribution in [-0.2, 0) is 0 Å². The smallest absolute Gasteiger partial charge is 0.180 e. The van der Waals surface area contributed by atoms with Gasteiger partial charge in [0, 0.05) is 43.7 Å². The van der Waals surface area contributed by atoms with Gasteiger partial charge in [0.2, 0.25) is 0 Å². The Morgan fingerprint density at radius 2 is 1.11 bits per heavy atom. The van der Waals surface area contributed by atoms with E-state index in [9.17, 15) is 0 Å². The first-order chi connectivity index (χ1) is 27.2. The highest BCUT2D eigenvalue weighted by molar-refractivity contribution is 6.14. The Hall–Kier alpha value is -7.50. The summed E-state index contributed by atoms with van der Waals surface area (Å²) in [6.07, 6.45) is 0. The SMILES string of the molecule is c1cc(-c2ccc3c(c2)oc2cccc(-c4nc(-c5ccc6ccccc6c5)c5oc6ccccc6c5n4)c23)cc(-n2c3ccccc3c3ccccc32)c1. The first kappa shape index (κ1) is 30.0. The highest BCUT2D eigenvalue weighted by Crippen LogP contribution is 2.41. The number of rotatable bonds is 4. The van der Waals surface area contributed by atoms with Crippen LogP contribution in [0.25, 0.3) is 116 Å². The summed E-state index contributed by atoms with van der Waals surface area (Å²) in [5.41, 5.74) is 12.2. The molecule has 0 unspecified atom stereocenters. The van der Waals surface area contributed by atoms with E-state index >= 15 is 0 Å². The highest BCUT2D eigenvalue weighted by atomic mass is 16.3. The molecule has 55 heavy (non-hydrogen) atoms. The summed E-state index contributed by atoms with van der Waals surface area (Å²) in [5.74, 6) is 0.624. The van der Waals surface area contributed by atoms with Crippen LogP contribution in [0.3, 0.4) is 0 Å². The lowest BCUT2D eigenvalue weighted by Crippen LogP contribution is -1.94. The number of hydrogen-bond acceptors (Lipinski definition) is 4. The second-order valence-electron chi connectivity index (χ2n) is 14.1. The molecule has 4 aromatic heterocycles. The molecule has 256 valence electrons. The Kier molecular flexibility index (Phi) is 6.27. The molecule has 5 nitrogen and oxygen atoms in total. The van der Waals surface area contributed by atoms with Gasteiger partial charge in [0.25, 0.3) is 0 Å². The van der Waals surface area contributed by atoms with Gasteiger partial charge < -0.3 is 13.4 Å². The minimum Gasteiger partial charge on any atom is -0.456 e. The molecule has 0 fully saturated rings. The van der Waals surface area contributed by atoms with Crippen LogP contribution in [-0.4, -0.2) is 14.5 Å². The maximum Gasteiger partial charge on any atom is 0.180 e. The minimum atomic E-state index is 0.624. The fourth-order valence-electron chi connectivity index (χ4n) is 8.46. The van der Waals surface area contributed by atoms with Crippen molar-refractivity contribution >= 4 is 76.6 Å². The third kappa shape index (κ3) is 4.53. The van der Waals surface area contributed by atoms with Gasteiger partial charge >= 0.3 is 0 Å². The molecule has 12 rings (SSSR count). The number of para-hydroxylation sites is 3. The van der Waals surface area contributed by atoms with Crippen LogP contribution >= 0.6 is 0 Å². The summed E-state index contributed by atoms with van der Waals surface area (Å²) in [6, 6.07) is 61.5. The molecule has 8 aromatic carbocycles. The van der Waals surface area contributed by atoms with E-state index in [1.54, 1.807) is 0 Å². The van der Waals surface area contributed by atoms with Gasteiger partial charge in [-0.1, -0.05) is 115 Å². The Morgan fingerprint density at radius 1 is 0.418 bits per heavy atom. The molecule has 0 radical (unpaired) electrons. The molecule has 0 aliphatic heterocycles. The van der Waals surface area contributed by atoms with Gasteiger partial charge in [0.1, 0.15) is 28.0 Å². The van der Waals surface area contributed by atoms with E-state index in [0.717, 1.165) is 77.4 Å². The van der Waals surface area contributed by atoms with E-state index in [-0.39, 0.29) is 0 Å². The molecule has 0 atom stereocenters. The van der Waals surface area contributed by atoms with Crippen molar-refractivity contribution in [1.29, 1.82) is 0 Å². The van der Waals surface area contributed by atoms with E-state index in [1.807, 2.05) is 30.3 Å². The molecule has 0 aliphatic carbocycles. The maximum absolute atomic E-state index is 6.62. The van der Waals surface area contributed by atoms with Crippen molar-refractivity contribution in [3.63, 3.8) is 0 Å². The van der Waals surface area contributed by atoms with Crippen LogP contribution in [0.5, 0.6) is 0 Å². The van der Waals surface area contributed by atoms with Crippen molar-refractivity contribution in [2.24, 2.45) is 0 Å². The Balaban J connectivity index is 1.02. The topological polar surface area (TPSA) is 57.0 Å². The van der Waals surface area contributed by atoms with Crippen LogP contribution in [0, 0.1) is 0 Å². The largest absolute Gasteiger partial charge is 0.456 e. The number of nitrogens with zero attached hydrogens (tertiary/aromatic N) is 3. The molecule has 0 saturated heterocycles. The second-order valence-corrected chi connectivity index (χ2v) is 14.1. The summed E-state index contributed by atoms with van der Waals surface area (Å²) in [6.45, 7) is 0. The number of fused-ring (bicyclic) bond motifs is 10. The van der Waals surface area contributed by atoms with Crippen LogP contribution in [0.4, 0.5) is 0 Å². The highest BCUT2D eigenvalue weighted by Gasteiger charge is 2.21. The number of aromatic nitrogens is 3. The van der Waals surface area contributed by atoms with Gasteiger partial charge in [-0.25, -0.2) is 9.97 Å². The molecule has 0 spiro atoms. The molecule has 0 aliphatic rings. The van der Waals surface area contributed by atoms with Gasteiger partial charge in [-0.2, -0.15) is 0 Å². The normalized spacial score (nSPS) is 12.0. The molecular formula is C50H29N3O2. The van der Waals surface area contributed by atoms with Crippen molar-refractivity contribution in [1.82, 2.24) is 14.5 Å². The maximum atomic E-state index is 6.62. The second kappa shape index (κ2) is 11.5. The van der Waals surface area contributed by atoms with Crippen molar-refractivity contribution < 1.29 is 8.83 Å². The third-order valence-corrected chi connectivity index (χ3v) is 11.0. The van der Waals surface area contributed by atoms with Gasteiger partial charge in [0.05, 0.1) is 11.0 Å². The van der Waals surface area contributed by atoms with Crippen molar-refractivity contribution in [2.45, 2.75) is 0 Å². The molecule has 12 aromatic rings. The first-order valence-corrected chi connectivity index (χ1v) is 18.5. The molecule has 0 N–H and O–H groups in total. The molecular weight excluding hydrogens is 675 g/mol. The average molecular weight is 704 g/mol. The predicted octanol–water partition coefficient (Wildman–Crippen LogP) is 13.5. The molecule has 0 bridgehead atoms. The summed E-state index contributed by atoms with van der Waals surface area (Å²) in [5, 5.41) is 7.77. The zero-order valence-electron chi connectivity index (χ0n) is 29.4. The number of hydrogen-bond donors (Lipinski definition) is 0. The van der Waals surface area contributed by atoms with Crippen LogP contribution in [0.2, 0.25) is 0 Å². The standard InChI is InChI=1S/C50H29N3O2/c1-2-12-31-27-34(24-23-30(31)11-1)47-49-48(39-17-5-8-21-43(39)55-49)52-50(51-47)40-18-10-22-44-46(40)38-26-25-33(29-45(38)54-44)32-13-9-14-35(28-32)53-41-19-6-3-15-36(41)37-16-4-7-20-42(37)53/h1-29H. The Labute approximate surface area is 314 Å². The fraction of sp³-hybridized carbons (Fsp3) is 0. The monoisotopic (exact) mass is 703 g/mol. The van der Waals surface area contributed by atoms with Crippen LogP contribution in [0.1, 0.15) is 0 Å². The first-order valence-electron chi connectivity index (χ1n) is 18.5. The van der Waals surface area contributed by atoms with Gasteiger partial charge in [-0.05, 0) is 82.6 Å². The van der Waals surface area contributed by atoms with Gasteiger partial charge in [-0.3, -0.25) is 0 Å². The third-order valence-electron chi connectivity index (χ3n) is 11.0. The van der Waals surface area contributed by atoms with Crippen LogP contribution in [0.15, 0.2) is 185 Å². The van der Waals surface area contributed by atoms with Crippen LogP contribution < -0.4 is 0 Å². The lowest BCUT2D eigenvalue weighted by Gasteiger charge is -2.10. The summed E-state index contributed by atoms with van der Waals surface area (Å²) >= 11 is 0. The van der Waals surface area contributed by atoms with Gasteiger partial charge in [-0.15, -0.1) is 0 Å². The van der Waals surface area contributed by atoms with Crippen molar-refractivity contribution in [3.05, 3.63) is 176 Å². The molecule has 0 saturated carbocycles. The molecule has 0 amide bonds. The summed E-state index contributed by atoms with van der Waals surface area (Å²) < 4.78 is 15.4. The van der Waals surface area contributed by atoms with Crippen molar-refractivity contribution in [2.75, 3.05) is 0 Å². The average Bonchev–Trinajstić information content (AvgIpc) is 3.92. The number of benzene rings is 8. The number of furan rings is 2.